The number of halogens is 3. The van der Waals surface area contributed by atoms with E-state index in [1.54, 1.807) is 30.3 Å². The van der Waals surface area contributed by atoms with E-state index in [1.807, 2.05) is 0 Å². The quantitative estimate of drug-likeness (QED) is 0.230. The summed E-state index contributed by atoms with van der Waals surface area (Å²) in [5.74, 6) is -0.782. The second-order valence-corrected chi connectivity index (χ2v) is 7.07. The third kappa shape index (κ3) is 4.58. The summed E-state index contributed by atoms with van der Waals surface area (Å²) in [7, 11) is 0. The lowest BCUT2D eigenvalue weighted by Gasteiger charge is -2.11. The summed E-state index contributed by atoms with van der Waals surface area (Å²) < 4.78 is 44.0. The molecule has 11 heteroatoms. The lowest BCUT2D eigenvalue weighted by atomic mass is 10.1. The van der Waals surface area contributed by atoms with Gasteiger partial charge in [-0.1, -0.05) is 30.3 Å². The van der Waals surface area contributed by atoms with Gasteiger partial charge in [0.1, 0.15) is 11.4 Å². The highest BCUT2D eigenvalue weighted by Gasteiger charge is 2.35. The van der Waals surface area contributed by atoms with E-state index in [1.165, 1.54) is 30.3 Å². The van der Waals surface area contributed by atoms with Crippen molar-refractivity contribution in [1.29, 1.82) is 0 Å². The molecule has 1 aliphatic rings. The van der Waals surface area contributed by atoms with Crippen molar-refractivity contribution < 1.29 is 32.4 Å². The molecule has 34 heavy (non-hydrogen) atoms. The monoisotopic (exact) mass is 469 g/mol. The maximum absolute atomic E-state index is 12.9. The highest BCUT2D eigenvalue weighted by molar-refractivity contribution is 6.28. The zero-order chi connectivity index (χ0) is 24.5. The van der Waals surface area contributed by atoms with Gasteiger partial charge in [0.2, 0.25) is 5.75 Å². The molecule has 8 nitrogen and oxygen atoms in total. The smallest absolute Gasteiger partial charge is 0.416 e. The number of rotatable bonds is 5. The van der Waals surface area contributed by atoms with Crippen LogP contribution in [0.4, 0.5) is 29.3 Å². The Morgan fingerprint density at radius 3 is 2.26 bits per heavy atom. The van der Waals surface area contributed by atoms with Crippen LogP contribution in [0.1, 0.15) is 11.1 Å². The minimum atomic E-state index is -4.73. The molecule has 0 aliphatic carbocycles. The summed E-state index contributed by atoms with van der Waals surface area (Å²) in [6, 6.07) is 15.6. The molecule has 0 aromatic heterocycles. The van der Waals surface area contributed by atoms with Crippen molar-refractivity contribution in [2.75, 3.05) is 4.90 Å². The van der Waals surface area contributed by atoms with E-state index in [2.05, 4.69) is 5.32 Å². The molecule has 1 aliphatic heterocycles. The third-order valence-electron chi connectivity index (χ3n) is 4.79. The molecule has 0 unspecified atom stereocenters. The number of alkyl halides is 3. The number of urea groups is 1. The van der Waals surface area contributed by atoms with Crippen molar-refractivity contribution >= 4 is 29.4 Å². The van der Waals surface area contributed by atoms with E-state index in [0.717, 1.165) is 11.0 Å². The first-order chi connectivity index (χ1) is 16.1. The second-order valence-electron chi connectivity index (χ2n) is 7.07. The zero-order valence-corrected chi connectivity index (χ0v) is 17.1. The lowest BCUT2D eigenvalue weighted by molar-refractivity contribution is -0.385. The highest BCUT2D eigenvalue weighted by atomic mass is 19.4. The molecule has 0 bridgehead atoms. The predicted octanol–water partition coefficient (Wildman–Crippen LogP) is 5.50. The summed E-state index contributed by atoms with van der Waals surface area (Å²) in [5.41, 5.74) is -1.04. The number of nitro benzene ring substituents is 1. The molecule has 4 rings (SSSR count). The number of ether oxygens (including phenoxy) is 1. The number of nitro groups is 1. The Bertz CT molecular complexity index is 1310. The highest BCUT2D eigenvalue weighted by Crippen LogP contribution is 2.38. The maximum atomic E-state index is 12.9. The van der Waals surface area contributed by atoms with E-state index >= 15 is 0 Å². The van der Waals surface area contributed by atoms with E-state index in [9.17, 15) is 32.9 Å². The van der Waals surface area contributed by atoms with Crippen molar-refractivity contribution in [2.45, 2.75) is 6.18 Å². The number of hydrogen-bond acceptors (Lipinski definition) is 5. The van der Waals surface area contributed by atoms with Crippen molar-refractivity contribution in [3.05, 3.63) is 99.7 Å². The first kappa shape index (κ1) is 22.5. The Morgan fingerprint density at radius 1 is 0.971 bits per heavy atom. The number of hydrogen-bond donors (Lipinski definition) is 1. The first-order valence-corrected chi connectivity index (χ1v) is 9.69. The van der Waals surface area contributed by atoms with Gasteiger partial charge in [0.15, 0.2) is 0 Å². The van der Waals surface area contributed by atoms with E-state index in [0.29, 0.717) is 23.4 Å². The Labute approximate surface area is 190 Å². The molecular weight excluding hydrogens is 455 g/mol. The maximum Gasteiger partial charge on any atom is 0.416 e. The zero-order valence-electron chi connectivity index (χ0n) is 17.1. The van der Waals surface area contributed by atoms with Gasteiger partial charge in [-0.05, 0) is 48.0 Å². The summed E-state index contributed by atoms with van der Waals surface area (Å²) >= 11 is 0. The fourth-order valence-corrected chi connectivity index (χ4v) is 3.20. The fourth-order valence-electron chi connectivity index (χ4n) is 3.20. The van der Waals surface area contributed by atoms with E-state index < -0.39 is 34.3 Å². The van der Waals surface area contributed by atoms with Crippen LogP contribution < -0.4 is 15.0 Å². The van der Waals surface area contributed by atoms with Crippen LogP contribution in [0.5, 0.6) is 11.5 Å². The van der Waals surface area contributed by atoms with Gasteiger partial charge < -0.3 is 10.1 Å². The van der Waals surface area contributed by atoms with E-state index in [-0.39, 0.29) is 17.2 Å². The summed E-state index contributed by atoms with van der Waals surface area (Å²) in [6.45, 7) is 0. The first-order valence-electron chi connectivity index (χ1n) is 9.69. The third-order valence-corrected chi connectivity index (χ3v) is 4.79. The number of nitrogens with zero attached hydrogens (tertiary/aromatic N) is 2. The van der Waals surface area contributed by atoms with Crippen LogP contribution in [0.3, 0.4) is 0 Å². The van der Waals surface area contributed by atoms with Gasteiger partial charge in [-0.2, -0.15) is 13.2 Å². The average Bonchev–Trinajstić information content (AvgIpc) is 3.07. The van der Waals surface area contributed by atoms with Gasteiger partial charge in [-0.3, -0.25) is 14.9 Å². The molecule has 1 N–H and O–H groups in total. The van der Waals surface area contributed by atoms with Gasteiger partial charge in [0.05, 0.1) is 16.2 Å². The number of imide groups is 1. The summed E-state index contributed by atoms with van der Waals surface area (Å²) in [6.07, 6.45) is -3.30. The number of nitrogens with one attached hydrogen (secondary N) is 1. The number of benzene rings is 3. The molecule has 172 valence electrons. The van der Waals surface area contributed by atoms with Crippen LogP contribution in [0.15, 0.2) is 78.5 Å². The van der Waals surface area contributed by atoms with Gasteiger partial charge in [-0.25, -0.2) is 9.69 Å². The molecule has 0 radical (unpaired) electrons. The number of carbonyl (C=O) groups excluding carboxylic acids is 2. The number of anilines is 1. The minimum Gasteiger partial charge on any atom is -0.450 e. The van der Waals surface area contributed by atoms with E-state index in [4.69, 9.17) is 4.74 Å². The Balaban J connectivity index is 1.53. The number of carbonyl (C=O) groups is 2. The molecular formula is C23H14F3N3O5. The van der Waals surface area contributed by atoms with Crippen LogP contribution in [0.2, 0.25) is 0 Å². The SMILES string of the molecule is O=C1N/C(=C\c2ccc(Oc3ccc(C(F)(F)F)cc3[N+](=O)[O-])cc2)C(=O)N1c1ccccc1. The van der Waals surface area contributed by atoms with Crippen LogP contribution in [0, 0.1) is 10.1 Å². The molecule has 0 saturated carbocycles. The van der Waals surface area contributed by atoms with Crippen molar-refractivity contribution in [2.24, 2.45) is 0 Å². The van der Waals surface area contributed by atoms with Gasteiger partial charge >= 0.3 is 17.9 Å². The van der Waals surface area contributed by atoms with Crippen LogP contribution in [-0.2, 0) is 11.0 Å². The van der Waals surface area contributed by atoms with Gasteiger partial charge in [-0.15, -0.1) is 0 Å². The predicted molar refractivity (Wildman–Crippen MR) is 115 cm³/mol. The largest absolute Gasteiger partial charge is 0.450 e. The van der Waals surface area contributed by atoms with Crippen molar-refractivity contribution in [1.82, 2.24) is 5.32 Å². The Hall–Kier alpha value is -4.67. The summed E-state index contributed by atoms with van der Waals surface area (Å²) in [4.78, 5) is 36.1. The molecule has 1 saturated heterocycles. The molecule has 3 aromatic carbocycles. The van der Waals surface area contributed by atoms with Gasteiger partial charge in [0, 0.05) is 6.07 Å². The molecule has 1 fully saturated rings. The normalized spacial score (nSPS) is 14.9. The lowest BCUT2D eigenvalue weighted by Crippen LogP contribution is -2.30. The van der Waals surface area contributed by atoms with Crippen LogP contribution >= 0.6 is 0 Å². The molecule has 0 spiro atoms. The Morgan fingerprint density at radius 2 is 1.65 bits per heavy atom. The molecule has 3 aromatic rings. The average molecular weight is 469 g/mol. The molecule has 1 heterocycles. The van der Waals surface area contributed by atoms with Gasteiger partial charge in [0.25, 0.3) is 5.91 Å². The summed E-state index contributed by atoms with van der Waals surface area (Å²) in [5, 5.41) is 13.7. The van der Waals surface area contributed by atoms with Crippen LogP contribution in [-0.4, -0.2) is 16.9 Å². The van der Waals surface area contributed by atoms with Crippen LogP contribution in [0.25, 0.3) is 6.08 Å². The molecule has 0 atom stereocenters. The Kier molecular flexibility index (Phi) is 5.76. The number of para-hydroxylation sites is 1. The van der Waals surface area contributed by atoms with Crippen molar-refractivity contribution in [3.8, 4) is 11.5 Å². The second kappa shape index (κ2) is 8.70. The fraction of sp³-hybridized carbons (Fsp3) is 0.0435. The minimum absolute atomic E-state index is 0.0425. The van der Waals surface area contributed by atoms with Crippen molar-refractivity contribution in [3.63, 3.8) is 0 Å². The standard InChI is InChI=1S/C23H14F3N3O5/c24-23(25,26)15-8-11-20(19(13-15)29(32)33)34-17-9-6-14(7-10-17)12-18-21(30)28(22(31)27-18)16-4-2-1-3-5-16/h1-13H,(H,27,31)/b18-12-. The topological polar surface area (TPSA) is 102 Å². The molecule has 3 amide bonds. The number of amides is 3.